The minimum absolute atomic E-state index is 0.150. The van der Waals surface area contributed by atoms with Crippen LogP contribution in [0, 0.1) is 11.6 Å². The van der Waals surface area contributed by atoms with E-state index in [-0.39, 0.29) is 11.2 Å². The van der Waals surface area contributed by atoms with Gasteiger partial charge in [-0.25, -0.2) is 8.78 Å². The second-order valence-electron chi connectivity index (χ2n) is 2.12. The summed E-state index contributed by atoms with van der Waals surface area (Å²) in [5.74, 6) is -1.04. The Morgan fingerprint density at radius 1 is 1.20 bits per heavy atom. The van der Waals surface area contributed by atoms with Crippen LogP contribution in [-0.2, 0) is 0 Å². The molecule has 0 atom stereocenters. The van der Waals surface area contributed by atoms with Crippen LogP contribution in [0.1, 0.15) is 0 Å². The lowest BCUT2D eigenvalue weighted by Gasteiger charge is -1.98. The van der Waals surface area contributed by atoms with Gasteiger partial charge in [0.1, 0.15) is 19.5 Å². The molecule has 0 saturated carbocycles. The second-order valence-corrected chi connectivity index (χ2v) is 2.12. The van der Waals surface area contributed by atoms with Crippen LogP contribution >= 0.6 is 0 Å². The first-order valence-electron chi connectivity index (χ1n) is 2.82. The van der Waals surface area contributed by atoms with Crippen LogP contribution < -0.4 is 11.2 Å². The van der Waals surface area contributed by atoms with Crippen LogP contribution in [0.5, 0.6) is 0 Å². The summed E-state index contributed by atoms with van der Waals surface area (Å²) < 4.78 is 25.0. The molecule has 0 saturated heterocycles. The highest BCUT2D eigenvalue weighted by Gasteiger charge is 2.02. The summed E-state index contributed by atoms with van der Waals surface area (Å²) in [5.41, 5.74) is 5.19. The number of hydrogen-bond acceptors (Lipinski definition) is 1. The van der Waals surface area contributed by atoms with Gasteiger partial charge in [0.2, 0.25) is 0 Å². The van der Waals surface area contributed by atoms with E-state index in [1.165, 1.54) is 7.85 Å². The van der Waals surface area contributed by atoms with Gasteiger partial charge < -0.3 is 5.73 Å². The molecule has 0 heterocycles. The molecule has 0 aromatic heterocycles. The summed E-state index contributed by atoms with van der Waals surface area (Å²) in [7, 11) is 1.48. The minimum atomic E-state index is -0.570. The Kier molecular flexibility index (Phi) is 1.61. The van der Waals surface area contributed by atoms with Crippen molar-refractivity contribution in [2.75, 3.05) is 5.73 Å². The molecule has 1 aromatic rings. The van der Waals surface area contributed by atoms with Gasteiger partial charge in [0, 0.05) is 0 Å². The maximum atomic E-state index is 12.5. The molecule has 0 spiro atoms. The van der Waals surface area contributed by atoms with Crippen LogP contribution in [0.15, 0.2) is 12.1 Å². The van der Waals surface area contributed by atoms with E-state index in [0.29, 0.717) is 0 Å². The quantitative estimate of drug-likeness (QED) is 0.393. The van der Waals surface area contributed by atoms with Crippen LogP contribution in [0.3, 0.4) is 0 Å². The number of rotatable bonds is 0. The van der Waals surface area contributed by atoms with E-state index < -0.39 is 11.6 Å². The van der Waals surface area contributed by atoms with Crippen LogP contribution in [0.4, 0.5) is 14.5 Å². The lowest BCUT2D eigenvalue weighted by molar-refractivity contribution is 0.611. The van der Waals surface area contributed by atoms with E-state index in [0.717, 1.165) is 12.1 Å². The molecule has 1 nitrogen and oxygen atoms in total. The number of nitrogen functional groups attached to an aromatic ring is 1. The second kappa shape index (κ2) is 2.29. The third-order valence-electron chi connectivity index (χ3n) is 1.28. The topological polar surface area (TPSA) is 26.0 Å². The molecule has 1 aromatic carbocycles. The van der Waals surface area contributed by atoms with E-state index in [9.17, 15) is 8.78 Å². The van der Waals surface area contributed by atoms with Crippen molar-refractivity contribution in [1.29, 1.82) is 0 Å². The van der Waals surface area contributed by atoms with E-state index in [4.69, 9.17) is 5.73 Å². The summed E-state index contributed by atoms with van der Waals surface area (Å²) in [6.45, 7) is 0. The van der Waals surface area contributed by atoms with Gasteiger partial charge in [0.15, 0.2) is 0 Å². The monoisotopic (exact) mass is 141 g/mol. The zero-order valence-corrected chi connectivity index (χ0v) is 5.49. The normalized spacial score (nSPS) is 9.80. The van der Waals surface area contributed by atoms with Crippen molar-refractivity contribution in [3.63, 3.8) is 0 Å². The molecule has 1 rings (SSSR count). The fourth-order valence-corrected chi connectivity index (χ4v) is 0.662. The maximum absolute atomic E-state index is 12.5. The van der Waals surface area contributed by atoms with Crippen LogP contribution in [0.25, 0.3) is 0 Å². The first kappa shape index (κ1) is 7.06. The fourth-order valence-electron chi connectivity index (χ4n) is 0.662. The van der Waals surface area contributed by atoms with Crippen molar-refractivity contribution in [3.05, 3.63) is 23.8 Å². The zero-order chi connectivity index (χ0) is 7.72. The van der Waals surface area contributed by atoms with E-state index in [2.05, 4.69) is 0 Å². The Bertz CT molecular complexity index is 212. The molecule has 4 heteroatoms. The number of halogens is 2. The van der Waals surface area contributed by atoms with Crippen LogP contribution in [0.2, 0.25) is 0 Å². The third-order valence-corrected chi connectivity index (χ3v) is 1.28. The Hall–Kier alpha value is -1.06. The molecule has 2 N–H and O–H groups in total. The molecule has 0 aliphatic carbocycles. The highest BCUT2D eigenvalue weighted by molar-refractivity contribution is 6.32. The van der Waals surface area contributed by atoms with Crippen molar-refractivity contribution in [1.82, 2.24) is 0 Å². The summed E-state index contributed by atoms with van der Waals surface area (Å²) in [6, 6.07) is 2.05. The average Bonchev–Trinajstić information content (AvgIpc) is 1.84. The largest absolute Gasteiger partial charge is 0.396 e. The lowest BCUT2D eigenvalue weighted by Crippen LogP contribution is -2.10. The van der Waals surface area contributed by atoms with Gasteiger partial charge in [0.25, 0.3) is 0 Å². The van der Waals surface area contributed by atoms with Gasteiger partial charge >= 0.3 is 0 Å². The molecular formula is C6H6BF2N. The molecule has 0 aliphatic rings. The van der Waals surface area contributed by atoms with Crippen molar-refractivity contribution in [2.24, 2.45) is 0 Å². The molecule has 0 radical (unpaired) electrons. The van der Waals surface area contributed by atoms with Crippen LogP contribution in [-0.4, -0.2) is 7.85 Å². The van der Waals surface area contributed by atoms with E-state index >= 15 is 0 Å². The highest BCUT2D eigenvalue weighted by Crippen LogP contribution is 2.07. The SMILES string of the molecule is Bc1cc(F)c(N)cc1F. The molecule has 0 amide bonds. The predicted molar refractivity (Wildman–Crippen MR) is 38.9 cm³/mol. The smallest absolute Gasteiger partial charge is 0.145 e. The van der Waals surface area contributed by atoms with E-state index in [1.54, 1.807) is 0 Å². The fraction of sp³-hybridized carbons (Fsp3) is 0. The number of benzene rings is 1. The molecule has 52 valence electrons. The molecule has 0 unspecified atom stereocenters. The van der Waals surface area contributed by atoms with Gasteiger partial charge in [-0.15, -0.1) is 0 Å². The Morgan fingerprint density at radius 2 is 1.80 bits per heavy atom. The lowest BCUT2D eigenvalue weighted by atomic mass is 9.95. The van der Waals surface area contributed by atoms with Crippen molar-refractivity contribution in [3.8, 4) is 0 Å². The first-order chi connectivity index (χ1) is 4.61. The Morgan fingerprint density at radius 3 is 2.30 bits per heavy atom. The molecular weight excluding hydrogens is 135 g/mol. The van der Waals surface area contributed by atoms with Crippen molar-refractivity contribution >= 4 is 19.0 Å². The van der Waals surface area contributed by atoms with E-state index in [1.807, 2.05) is 0 Å². The van der Waals surface area contributed by atoms with Gasteiger partial charge in [0.05, 0.1) is 5.69 Å². The highest BCUT2D eigenvalue weighted by atomic mass is 19.1. The zero-order valence-electron chi connectivity index (χ0n) is 5.49. The number of anilines is 1. The summed E-state index contributed by atoms with van der Waals surface area (Å²) >= 11 is 0. The summed E-state index contributed by atoms with van der Waals surface area (Å²) in [6.07, 6.45) is 0. The number of nitrogens with two attached hydrogens (primary N) is 1. The van der Waals surface area contributed by atoms with Gasteiger partial charge in [-0.05, 0) is 12.1 Å². The van der Waals surface area contributed by atoms with Gasteiger partial charge in [-0.2, -0.15) is 0 Å². The van der Waals surface area contributed by atoms with Gasteiger partial charge in [-0.3, -0.25) is 0 Å². The van der Waals surface area contributed by atoms with Gasteiger partial charge in [-0.1, -0.05) is 5.46 Å². The molecule has 10 heavy (non-hydrogen) atoms. The Balaban J connectivity index is 3.28. The number of hydrogen-bond donors (Lipinski definition) is 1. The first-order valence-corrected chi connectivity index (χ1v) is 2.82. The predicted octanol–water partition coefficient (Wildman–Crippen LogP) is -0.195. The van der Waals surface area contributed by atoms with Crippen molar-refractivity contribution < 1.29 is 8.78 Å². The maximum Gasteiger partial charge on any atom is 0.145 e. The minimum Gasteiger partial charge on any atom is -0.396 e. The third kappa shape index (κ3) is 1.10. The standard InChI is InChI=1S/C6H6BF2N/c7-3-1-5(9)6(10)2-4(3)8/h1-2H,7,10H2. The Labute approximate surface area is 58.3 Å². The molecule has 0 bridgehead atoms. The van der Waals surface area contributed by atoms with Crippen molar-refractivity contribution in [2.45, 2.75) is 0 Å². The summed E-state index contributed by atoms with van der Waals surface area (Å²) in [5, 5.41) is 0. The molecule has 0 fully saturated rings. The summed E-state index contributed by atoms with van der Waals surface area (Å²) in [4.78, 5) is 0. The molecule has 0 aliphatic heterocycles. The average molecular weight is 141 g/mol.